The van der Waals surface area contributed by atoms with Gasteiger partial charge < -0.3 is 15.1 Å². The molecule has 0 aromatic carbocycles. The zero-order chi connectivity index (χ0) is 14.2. The van der Waals surface area contributed by atoms with Crippen LogP contribution in [0.3, 0.4) is 0 Å². The van der Waals surface area contributed by atoms with Crippen molar-refractivity contribution >= 4 is 11.7 Å². The normalized spacial score (nSPS) is 16.8. The first-order valence-electron chi connectivity index (χ1n) is 7.48. The summed E-state index contributed by atoms with van der Waals surface area (Å²) in [6.07, 6.45) is 6.88. The molecular formula is C15H26N4O. The first-order valence-corrected chi connectivity index (χ1v) is 7.48. The number of amides is 2. The zero-order valence-corrected chi connectivity index (χ0v) is 12.2. The standard InChI is InChI=1S/C15H24N4O.H2/c1-2-3-8-18-9-5-10-19(12-11-18)15(20)17-14-6-4-7-16-13-14;/h4,6-7,13H,2-3,5,8-12H2,1H3,(H,17,20);1H. The number of carbonyl (C=O) groups is 1. The molecular weight excluding hydrogens is 252 g/mol. The molecule has 1 aromatic rings. The molecule has 0 spiro atoms. The Bertz CT molecular complexity index is 415. The fourth-order valence-electron chi connectivity index (χ4n) is 2.42. The molecule has 5 heteroatoms. The fourth-order valence-corrected chi connectivity index (χ4v) is 2.42. The first kappa shape index (κ1) is 14.8. The third-order valence-corrected chi connectivity index (χ3v) is 3.62. The Morgan fingerprint density at radius 2 is 2.30 bits per heavy atom. The molecule has 20 heavy (non-hydrogen) atoms. The van der Waals surface area contributed by atoms with Gasteiger partial charge in [-0.3, -0.25) is 4.98 Å². The number of carbonyl (C=O) groups excluding carboxylic acids is 1. The molecule has 0 radical (unpaired) electrons. The van der Waals surface area contributed by atoms with Crippen LogP contribution < -0.4 is 5.32 Å². The molecule has 112 valence electrons. The highest BCUT2D eigenvalue weighted by Crippen LogP contribution is 2.08. The average Bonchev–Trinajstić information content (AvgIpc) is 2.72. The van der Waals surface area contributed by atoms with Gasteiger partial charge in [-0.15, -0.1) is 0 Å². The number of unbranched alkanes of at least 4 members (excludes halogenated alkanes) is 1. The Hall–Kier alpha value is -1.62. The van der Waals surface area contributed by atoms with Crippen molar-refractivity contribution in [3.05, 3.63) is 24.5 Å². The second-order valence-electron chi connectivity index (χ2n) is 5.21. The van der Waals surface area contributed by atoms with Crippen LogP contribution in [0.1, 0.15) is 27.6 Å². The number of pyridine rings is 1. The predicted octanol–water partition coefficient (Wildman–Crippen LogP) is 2.67. The van der Waals surface area contributed by atoms with E-state index in [1.807, 2.05) is 17.0 Å². The lowest BCUT2D eigenvalue weighted by Gasteiger charge is -2.22. The fraction of sp³-hybridized carbons (Fsp3) is 0.600. The van der Waals surface area contributed by atoms with Gasteiger partial charge in [0.15, 0.2) is 0 Å². The second kappa shape index (κ2) is 7.85. The van der Waals surface area contributed by atoms with E-state index in [0.717, 1.165) is 44.8 Å². The summed E-state index contributed by atoms with van der Waals surface area (Å²) in [5.74, 6) is 0. The summed E-state index contributed by atoms with van der Waals surface area (Å²) >= 11 is 0. The maximum Gasteiger partial charge on any atom is 0.321 e. The van der Waals surface area contributed by atoms with E-state index in [1.54, 1.807) is 12.4 Å². The van der Waals surface area contributed by atoms with Gasteiger partial charge in [0, 0.05) is 27.3 Å². The number of urea groups is 1. The molecule has 1 fully saturated rings. The number of aromatic nitrogens is 1. The first-order chi connectivity index (χ1) is 9.79. The number of nitrogens with one attached hydrogen (secondary N) is 1. The molecule has 0 unspecified atom stereocenters. The highest BCUT2D eigenvalue weighted by molar-refractivity contribution is 5.89. The maximum atomic E-state index is 12.2. The molecule has 1 aliphatic rings. The maximum absolute atomic E-state index is 12.2. The van der Waals surface area contributed by atoms with Crippen LogP contribution in [0.5, 0.6) is 0 Å². The van der Waals surface area contributed by atoms with Crippen LogP contribution in [-0.2, 0) is 0 Å². The summed E-state index contributed by atoms with van der Waals surface area (Å²) in [5.41, 5.74) is 0.754. The van der Waals surface area contributed by atoms with Crippen LogP contribution in [0.4, 0.5) is 10.5 Å². The van der Waals surface area contributed by atoms with Crippen LogP contribution in [0.25, 0.3) is 0 Å². The molecule has 2 amide bonds. The van der Waals surface area contributed by atoms with E-state index < -0.39 is 0 Å². The Kier molecular flexibility index (Phi) is 5.80. The van der Waals surface area contributed by atoms with E-state index in [2.05, 4.69) is 22.1 Å². The largest absolute Gasteiger partial charge is 0.323 e. The van der Waals surface area contributed by atoms with E-state index in [0.29, 0.717) is 0 Å². The van der Waals surface area contributed by atoms with Gasteiger partial charge >= 0.3 is 6.03 Å². The van der Waals surface area contributed by atoms with Crippen molar-refractivity contribution < 1.29 is 6.22 Å². The van der Waals surface area contributed by atoms with Gasteiger partial charge in [-0.2, -0.15) is 0 Å². The van der Waals surface area contributed by atoms with E-state index in [1.165, 1.54) is 12.8 Å². The number of anilines is 1. The number of hydrogen-bond donors (Lipinski definition) is 1. The van der Waals surface area contributed by atoms with Crippen molar-refractivity contribution in [3.8, 4) is 0 Å². The Morgan fingerprint density at radius 3 is 3.05 bits per heavy atom. The van der Waals surface area contributed by atoms with Gasteiger partial charge in [-0.25, -0.2) is 4.79 Å². The van der Waals surface area contributed by atoms with Crippen molar-refractivity contribution in [3.63, 3.8) is 0 Å². The van der Waals surface area contributed by atoms with E-state index >= 15 is 0 Å². The molecule has 0 saturated carbocycles. The highest BCUT2D eigenvalue weighted by Gasteiger charge is 2.18. The zero-order valence-electron chi connectivity index (χ0n) is 12.2. The molecule has 1 saturated heterocycles. The summed E-state index contributed by atoms with van der Waals surface area (Å²) in [5, 5.41) is 2.90. The smallest absolute Gasteiger partial charge is 0.321 e. The van der Waals surface area contributed by atoms with Crippen molar-refractivity contribution in [2.75, 3.05) is 38.0 Å². The van der Waals surface area contributed by atoms with E-state index in [4.69, 9.17) is 0 Å². The topological polar surface area (TPSA) is 48.5 Å². The third-order valence-electron chi connectivity index (χ3n) is 3.62. The van der Waals surface area contributed by atoms with Gasteiger partial charge in [-0.1, -0.05) is 13.3 Å². The number of rotatable bonds is 4. The monoisotopic (exact) mass is 278 g/mol. The third kappa shape index (κ3) is 4.49. The number of hydrogen-bond acceptors (Lipinski definition) is 3. The van der Waals surface area contributed by atoms with Crippen molar-refractivity contribution in [2.24, 2.45) is 0 Å². The summed E-state index contributed by atoms with van der Waals surface area (Å²) in [6, 6.07) is 3.66. The molecule has 0 aliphatic carbocycles. The Morgan fingerprint density at radius 1 is 1.40 bits per heavy atom. The van der Waals surface area contributed by atoms with E-state index in [9.17, 15) is 4.79 Å². The summed E-state index contributed by atoms with van der Waals surface area (Å²) in [7, 11) is 0. The van der Waals surface area contributed by atoms with Crippen LogP contribution in [-0.4, -0.2) is 53.5 Å². The van der Waals surface area contributed by atoms with Crippen molar-refractivity contribution in [1.82, 2.24) is 14.8 Å². The lowest BCUT2D eigenvalue weighted by Crippen LogP contribution is -2.38. The minimum Gasteiger partial charge on any atom is -0.323 e. The lowest BCUT2D eigenvalue weighted by molar-refractivity contribution is 0.211. The molecule has 1 N–H and O–H groups in total. The molecule has 2 rings (SSSR count). The highest BCUT2D eigenvalue weighted by atomic mass is 16.2. The average molecular weight is 278 g/mol. The van der Waals surface area contributed by atoms with Crippen LogP contribution in [0, 0.1) is 0 Å². The quantitative estimate of drug-likeness (QED) is 0.921. The second-order valence-corrected chi connectivity index (χ2v) is 5.21. The van der Waals surface area contributed by atoms with Crippen molar-refractivity contribution in [2.45, 2.75) is 26.2 Å². The minimum atomic E-state index is -0.0182. The van der Waals surface area contributed by atoms with E-state index in [-0.39, 0.29) is 7.46 Å². The van der Waals surface area contributed by atoms with Gasteiger partial charge in [0.2, 0.25) is 0 Å². The molecule has 2 heterocycles. The summed E-state index contributed by atoms with van der Waals surface area (Å²) in [4.78, 5) is 20.6. The summed E-state index contributed by atoms with van der Waals surface area (Å²) < 4.78 is 0. The minimum absolute atomic E-state index is 0. The summed E-state index contributed by atoms with van der Waals surface area (Å²) in [6.45, 7) is 7.06. The van der Waals surface area contributed by atoms with Gasteiger partial charge in [0.05, 0.1) is 11.9 Å². The van der Waals surface area contributed by atoms with Crippen molar-refractivity contribution in [1.29, 1.82) is 0 Å². The molecule has 0 bridgehead atoms. The molecule has 5 nitrogen and oxygen atoms in total. The van der Waals surface area contributed by atoms with Gasteiger partial charge in [0.25, 0.3) is 0 Å². The van der Waals surface area contributed by atoms with Gasteiger partial charge in [-0.05, 0) is 38.1 Å². The van der Waals surface area contributed by atoms with Gasteiger partial charge in [0.1, 0.15) is 0 Å². The van der Waals surface area contributed by atoms with Crippen LogP contribution >= 0.6 is 0 Å². The van der Waals surface area contributed by atoms with Crippen LogP contribution in [0.15, 0.2) is 24.5 Å². The lowest BCUT2D eigenvalue weighted by atomic mass is 10.3. The molecule has 1 aromatic heterocycles. The SMILES string of the molecule is CCCCN1CCCN(C(=O)Nc2cccnc2)CC1.[HH]. The Labute approximate surface area is 122 Å². The number of nitrogens with zero attached hydrogens (tertiary/aromatic N) is 3. The Balaban J connectivity index is 0.00000220. The van der Waals surface area contributed by atoms with Crippen LogP contribution in [0.2, 0.25) is 0 Å². The predicted molar refractivity (Wildman–Crippen MR) is 82.9 cm³/mol. The molecule has 1 aliphatic heterocycles. The molecule has 0 atom stereocenters.